The molecule has 1 heterocycles. The minimum absolute atomic E-state index is 0.313. The molecular weight excluding hydrogens is 277 g/mol. The van der Waals surface area contributed by atoms with Crippen molar-refractivity contribution in [1.29, 1.82) is 0 Å². The van der Waals surface area contributed by atoms with E-state index in [0.717, 1.165) is 17.1 Å². The van der Waals surface area contributed by atoms with Gasteiger partial charge in [-0.25, -0.2) is 9.69 Å². The van der Waals surface area contributed by atoms with E-state index in [2.05, 4.69) is 4.74 Å². The van der Waals surface area contributed by atoms with Crippen molar-refractivity contribution in [2.75, 3.05) is 6.73 Å². The van der Waals surface area contributed by atoms with Gasteiger partial charge < -0.3 is 4.74 Å². The number of nitrogens with zero attached hydrogens (tertiary/aromatic N) is 1. The summed E-state index contributed by atoms with van der Waals surface area (Å²) in [5.74, 6) is -0.921. The van der Waals surface area contributed by atoms with Crippen molar-refractivity contribution in [3.63, 3.8) is 0 Å². The summed E-state index contributed by atoms with van der Waals surface area (Å²) in [5, 5.41) is 0. The highest BCUT2D eigenvalue weighted by Gasteiger charge is 2.23. The van der Waals surface area contributed by atoms with Crippen molar-refractivity contribution in [2.24, 2.45) is 0 Å². The van der Waals surface area contributed by atoms with E-state index in [1.165, 1.54) is 22.6 Å². The molecule has 64 valence electrons. The van der Waals surface area contributed by atoms with Crippen LogP contribution < -0.4 is 0 Å². The summed E-state index contributed by atoms with van der Waals surface area (Å²) in [5.41, 5.74) is 0. The maximum absolute atomic E-state index is 10.8. The topological polar surface area (TPSA) is 63.7 Å². The van der Waals surface area contributed by atoms with Crippen LogP contribution in [-0.2, 0) is 14.3 Å². The van der Waals surface area contributed by atoms with Gasteiger partial charge in [0.25, 0.3) is 11.8 Å². The molecule has 5 nitrogen and oxygen atoms in total. The highest BCUT2D eigenvalue weighted by molar-refractivity contribution is 14.1. The number of carbonyl (C=O) groups is 3. The smallest absolute Gasteiger partial charge is 0.368 e. The largest absolute Gasteiger partial charge is 0.436 e. The first kappa shape index (κ1) is 9.17. The average Bonchev–Trinajstić information content (AvgIpc) is 2.28. The maximum atomic E-state index is 10.8. The van der Waals surface area contributed by atoms with E-state index in [1.54, 1.807) is 0 Å². The summed E-state index contributed by atoms with van der Waals surface area (Å²) in [6.45, 7) is -0.313. The second kappa shape index (κ2) is 3.65. The SMILES string of the molecule is O=C(I)OCN1C(=O)C=CC1=O. The zero-order valence-corrected chi connectivity index (χ0v) is 7.98. The normalized spacial score (nSPS) is 15.6. The fraction of sp³-hybridized carbons (Fsp3) is 0.167. The summed E-state index contributed by atoms with van der Waals surface area (Å²) in [7, 11) is 0. The number of amides is 2. The summed E-state index contributed by atoms with van der Waals surface area (Å²) >= 11 is 1.41. The average molecular weight is 281 g/mol. The Morgan fingerprint density at radius 2 is 1.92 bits per heavy atom. The monoisotopic (exact) mass is 281 g/mol. The third kappa shape index (κ3) is 2.03. The minimum atomic E-state index is -0.555. The Hall–Kier alpha value is -0.920. The lowest BCUT2D eigenvalue weighted by atomic mass is 10.6. The molecule has 1 aliphatic heterocycles. The van der Waals surface area contributed by atoms with Crippen molar-refractivity contribution in [3.05, 3.63) is 12.2 Å². The Labute approximate surface area is 81.5 Å². The maximum Gasteiger partial charge on any atom is 0.368 e. The van der Waals surface area contributed by atoms with Gasteiger partial charge in [-0.3, -0.25) is 9.59 Å². The van der Waals surface area contributed by atoms with E-state index < -0.39 is 15.8 Å². The Bertz CT molecular complexity index is 255. The van der Waals surface area contributed by atoms with Crippen LogP contribution in [0.3, 0.4) is 0 Å². The van der Waals surface area contributed by atoms with Crippen LogP contribution in [0.1, 0.15) is 0 Å². The number of imide groups is 1. The van der Waals surface area contributed by atoms with Crippen LogP contribution in [0.4, 0.5) is 4.79 Å². The van der Waals surface area contributed by atoms with Crippen molar-refractivity contribution in [1.82, 2.24) is 4.90 Å². The Morgan fingerprint density at radius 3 is 2.33 bits per heavy atom. The third-order valence-electron chi connectivity index (χ3n) is 1.21. The highest BCUT2D eigenvalue weighted by atomic mass is 127. The Morgan fingerprint density at radius 1 is 1.42 bits per heavy atom. The second-order valence-electron chi connectivity index (χ2n) is 1.95. The second-order valence-corrected chi connectivity index (χ2v) is 2.83. The van der Waals surface area contributed by atoms with Gasteiger partial charge in [0.15, 0.2) is 6.73 Å². The standard InChI is InChI=1S/C6H4INO4/c7-6(11)12-3-8-4(9)1-2-5(8)10/h1-2H,3H2. The van der Waals surface area contributed by atoms with Crippen LogP contribution in [0.25, 0.3) is 0 Å². The van der Waals surface area contributed by atoms with Crippen LogP contribution in [0.2, 0.25) is 0 Å². The van der Waals surface area contributed by atoms with Gasteiger partial charge in [-0.15, -0.1) is 0 Å². The predicted octanol–water partition coefficient (Wildman–Crippen LogP) is 0.440. The molecule has 0 N–H and O–H groups in total. The zero-order valence-electron chi connectivity index (χ0n) is 5.82. The molecule has 2 amide bonds. The summed E-state index contributed by atoms with van der Waals surface area (Å²) in [6.07, 6.45) is 2.26. The van der Waals surface area contributed by atoms with Gasteiger partial charge in [0.1, 0.15) is 0 Å². The van der Waals surface area contributed by atoms with Crippen molar-refractivity contribution in [3.8, 4) is 0 Å². The van der Waals surface area contributed by atoms with E-state index in [-0.39, 0.29) is 6.73 Å². The van der Waals surface area contributed by atoms with Gasteiger partial charge in [-0.05, 0) is 0 Å². The molecule has 0 spiro atoms. The first-order valence-electron chi connectivity index (χ1n) is 2.97. The lowest BCUT2D eigenvalue weighted by Crippen LogP contribution is -2.32. The van der Waals surface area contributed by atoms with E-state index >= 15 is 0 Å². The van der Waals surface area contributed by atoms with Crippen LogP contribution in [-0.4, -0.2) is 27.4 Å². The first-order chi connectivity index (χ1) is 5.61. The molecule has 0 aliphatic carbocycles. The minimum Gasteiger partial charge on any atom is -0.436 e. The molecule has 1 aliphatic rings. The summed E-state index contributed by atoms with van der Waals surface area (Å²) in [6, 6.07) is 0. The highest BCUT2D eigenvalue weighted by Crippen LogP contribution is 2.04. The van der Waals surface area contributed by atoms with Gasteiger partial charge in [-0.2, -0.15) is 0 Å². The molecule has 0 radical (unpaired) electrons. The van der Waals surface area contributed by atoms with Crippen molar-refractivity contribution in [2.45, 2.75) is 0 Å². The predicted molar refractivity (Wildman–Crippen MR) is 46.4 cm³/mol. The summed E-state index contributed by atoms with van der Waals surface area (Å²) < 4.78 is 3.90. The van der Waals surface area contributed by atoms with Crippen LogP contribution in [0.15, 0.2) is 12.2 Å². The molecule has 0 aromatic carbocycles. The van der Waals surface area contributed by atoms with E-state index in [0.29, 0.717) is 0 Å². The number of rotatable bonds is 2. The molecule has 0 aromatic rings. The van der Waals surface area contributed by atoms with Crippen molar-refractivity contribution < 1.29 is 19.1 Å². The quantitative estimate of drug-likeness (QED) is 0.418. The van der Waals surface area contributed by atoms with Gasteiger partial charge in [0.05, 0.1) is 22.6 Å². The lowest BCUT2D eigenvalue weighted by Gasteiger charge is -2.11. The fourth-order valence-electron chi connectivity index (χ4n) is 0.674. The first-order valence-corrected chi connectivity index (χ1v) is 4.05. The summed E-state index contributed by atoms with van der Waals surface area (Å²) in [4.78, 5) is 32.8. The molecule has 6 heteroatoms. The number of carbonyl (C=O) groups excluding carboxylic acids is 3. The number of hydrogen-bond acceptors (Lipinski definition) is 4. The molecule has 0 saturated heterocycles. The molecular formula is C6H4INO4. The molecule has 1 rings (SSSR count). The molecule has 0 aromatic heterocycles. The van der Waals surface area contributed by atoms with Crippen LogP contribution in [0.5, 0.6) is 0 Å². The fourth-order valence-corrected chi connectivity index (χ4v) is 0.813. The molecule has 0 atom stereocenters. The van der Waals surface area contributed by atoms with Crippen LogP contribution in [0, 0.1) is 0 Å². The van der Waals surface area contributed by atoms with Crippen molar-refractivity contribution >= 4 is 38.4 Å². The van der Waals surface area contributed by atoms with Crippen LogP contribution >= 0.6 is 22.6 Å². The number of halogens is 1. The molecule has 12 heavy (non-hydrogen) atoms. The number of hydrogen-bond donors (Lipinski definition) is 0. The molecule has 0 fully saturated rings. The van der Waals surface area contributed by atoms with E-state index in [9.17, 15) is 14.4 Å². The van der Waals surface area contributed by atoms with Gasteiger partial charge >= 0.3 is 3.98 Å². The lowest BCUT2D eigenvalue weighted by molar-refractivity contribution is -0.140. The molecule has 0 saturated carbocycles. The zero-order chi connectivity index (χ0) is 9.14. The van der Waals surface area contributed by atoms with Gasteiger partial charge in [0.2, 0.25) is 0 Å². The van der Waals surface area contributed by atoms with Gasteiger partial charge in [-0.1, -0.05) is 0 Å². The molecule has 0 bridgehead atoms. The van der Waals surface area contributed by atoms with E-state index in [1.807, 2.05) is 0 Å². The Kier molecular flexibility index (Phi) is 2.79. The molecule has 0 unspecified atom stereocenters. The van der Waals surface area contributed by atoms with E-state index in [4.69, 9.17) is 0 Å². The van der Waals surface area contributed by atoms with Gasteiger partial charge in [0, 0.05) is 12.2 Å². The third-order valence-corrected chi connectivity index (χ3v) is 1.52. The Balaban J connectivity index is 2.48. The number of ether oxygens (including phenoxy) is 1.